The number of allylic oxidation sites excluding steroid dienone is 3. The molecule has 0 bridgehead atoms. The number of para-hydroxylation sites is 2. The third kappa shape index (κ3) is 6.49. The lowest BCUT2D eigenvalue weighted by Crippen LogP contribution is -2.21. The first-order valence-corrected chi connectivity index (χ1v) is 15.2. The van der Waals surface area contributed by atoms with Crippen molar-refractivity contribution in [3.63, 3.8) is 0 Å². The topological polar surface area (TPSA) is 125 Å². The van der Waals surface area contributed by atoms with E-state index in [2.05, 4.69) is 35.4 Å². The molecule has 1 aliphatic carbocycles. The predicted octanol–water partition coefficient (Wildman–Crippen LogP) is 7.42. The van der Waals surface area contributed by atoms with Gasteiger partial charge in [-0.15, -0.1) is 0 Å². The summed E-state index contributed by atoms with van der Waals surface area (Å²) in [5, 5.41) is 35.0. The van der Waals surface area contributed by atoms with Crippen LogP contribution in [0.15, 0.2) is 121 Å². The number of nitrogens with two attached hydrogens (primary N) is 1. The van der Waals surface area contributed by atoms with Crippen molar-refractivity contribution in [2.75, 3.05) is 10.6 Å². The number of carbonyl (C=O) groups excluding carboxylic acids is 2. The molecule has 7 heteroatoms. The molecule has 1 atom stereocenters. The summed E-state index contributed by atoms with van der Waals surface area (Å²) in [6.45, 7) is 7.18. The molecule has 7 rings (SSSR count). The number of hydrogen-bond donors (Lipinski definition) is 5. The Balaban J connectivity index is 0.000000490. The van der Waals surface area contributed by atoms with Crippen LogP contribution in [0.1, 0.15) is 40.9 Å². The molecule has 7 nitrogen and oxygen atoms in total. The van der Waals surface area contributed by atoms with Crippen molar-refractivity contribution in [2.45, 2.75) is 26.1 Å². The summed E-state index contributed by atoms with van der Waals surface area (Å²) in [6, 6.07) is 31.3. The molecular weight excluding hydrogens is 586 g/mol. The molecule has 0 fully saturated rings. The highest BCUT2D eigenvalue weighted by Crippen LogP contribution is 2.41. The standard InChI is InChI=1S/C34H26N2O3.C5H9N.CH2O/c37-19-20-11-12-23-26-16-18-29(38)33-27(34(39)36-22-9-5-2-6-10-22)14-13-24(32(26)33)25-15-17-28(30(20)31(23)25)35-21-7-3-1-4-8-21;1-3-4-5(2)6;1-2/h1-17,29,35,37-38H,18-19H2,(H,36,39);3-4H,1,6H2,2H3;1H2/b;5-4+;. The normalized spacial score (nSPS) is 13.5. The Kier molecular flexibility index (Phi) is 10.1. The molecule has 6 aromatic carbocycles. The first-order valence-electron chi connectivity index (χ1n) is 15.2. The molecule has 0 radical (unpaired) electrons. The van der Waals surface area contributed by atoms with Gasteiger partial charge >= 0.3 is 0 Å². The molecule has 6 N–H and O–H groups in total. The fourth-order valence-electron chi connectivity index (χ4n) is 6.21. The van der Waals surface area contributed by atoms with Crippen molar-refractivity contribution in [1.82, 2.24) is 0 Å². The largest absolute Gasteiger partial charge is 0.402 e. The average molecular weight is 624 g/mol. The monoisotopic (exact) mass is 623 g/mol. The highest BCUT2D eigenvalue weighted by molar-refractivity contribution is 6.26. The summed E-state index contributed by atoms with van der Waals surface area (Å²) in [7, 11) is 0. The van der Waals surface area contributed by atoms with Gasteiger partial charge in [0.1, 0.15) is 6.79 Å². The Bertz CT molecular complexity index is 2160. The van der Waals surface area contributed by atoms with Gasteiger partial charge in [0.2, 0.25) is 0 Å². The molecule has 6 aromatic rings. The lowest BCUT2D eigenvalue weighted by atomic mass is 9.83. The number of nitrogens with one attached hydrogen (secondary N) is 2. The number of aliphatic hydroxyl groups is 2. The van der Waals surface area contributed by atoms with Crippen molar-refractivity contribution in [2.24, 2.45) is 5.73 Å². The summed E-state index contributed by atoms with van der Waals surface area (Å²) >= 11 is 0. The SMILES string of the molecule is C=C/C=C(\C)N.C=O.O=C(Nc1ccccc1)c1ccc2c3c1C(O)CC=c3c1ccc(CO)c3c(Nc4ccccc4)ccc2c31. The lowest BCUT2D eigenvalue weighted by molar-refractivity contribution is -0.0980. The molecule has 0 saturated carbocycles. The third-order valence-corrected chi connectivity index (χ3v) is 8.10. The van der Waals surface area contributed by atoms with Crippen molar-refractivity contribution in [3.05, 3.63) is 143 Å². The number of hydrogen-bond acceptors (Lipinski definition) is 6. The Morgan fingerprint density at radius 1 is 0.851 bits per heavy atom. The molecule has 236 valence electrons. The van der Waals surface area contributed by atoms with E-state index in [0.29, 0.717) is 23.2 Å². The van der Waals surface area contributed by atoms with Crippen LogP contribution in [-0.4, -0.2) is 22.9 Å². The zero-order valence-electron chi connectivity index (χ0n) is 26.2. The number of aliphatic hydroxyl groups excluding tert-OH is 2. The second-order valence-corrected chi connectivity index (χ2v) is 11.1. The smallest absolute Gasteiger partial charge is 0.256 e. The van der Waals surface area contributed by atoms with Gasteiger partial charge in [-0.3, -0.25) is 4.79 Å². The van der Waals surface area contributed by atoms with Gasteiger partial charge in [0.15, 0.2) is 0 Å². The highest BCUT2D eigenvalue weighted by Gasteiger charge is 2.26. The minimum atomic E-state index is -0.784. The maximum atomic E-state index is 13.4. The molecule has 1 amide bonds. The number of benzene rings is 6. The minimum Gasteiger partial charge on any atom is -0.402 e. The van der Waals surface area contributed by atoms with Crippen LogP contribution >= 0.6 is 0 Å². The van der Waals surface area contributed by atoms with E-state index in [1.165, 1.54) is 0 Å². The molecule has 1 aliphatic rings. The first-order chi connectivity index (χ1) is 22.9. The van der Waals surface area contributed by atoms with E-state index >= 15 is 0 Å². The van der Waals surface area contributed by atoms with E-state index in [-0.39, 0.29) is 12.5 Å². The number of carbonyl (C=O) groups is 2. The Morgan fingerprint density at radius 3 is 2.09 bits per heavy atom. The van der Waals surface area contributed by atoms with Crippen LogP contribution in [0.5, 0.6) is 0 Å². The number of rotatable bonds is 6. The van der Waals surface area contributed by atoms with Crippen molar-refractivity contribution in [3.8, 4) is 0 Å². The van der Waals surface area contributed by atoms with Gasteiger partial charge in [-0.1, -0.05) is 79.4 Å². The predicted molar refractivity (Wildman–Crippen MR) is 194 cm³/mol. The summed E-state index contributed by atoms with van der Waals surface area (Å²) in [5.41, 5.74) is 10.6. The molecule has 1 unspecified atom stereocenters. The summed E-state index contributed by atoms with van der Waals surface area (Å²) < 4.78 is 0. The van der Waals surface area contributed by atoms with Crippen LogP contribution in [0.25, 0.3) is 38.4 Å². The number of amides is 1. The van der Waals surface area contributed by atoms with E-state index in [1.807, 2.05) is 98.6 Å². The lowest BCUT2D eigenvalue weighted by Gasteiger charge is -2.24. The van der Waals surface area contributed by atoms with E-state index in [1.54, 1.807) is 12.2 Å². The van der Waals surface area contributed by atoms with E-state index in [0.717, 1.165) is 60.2 Å². The van der Waals surface area contributed by atoms with Crippen LogP contribution in [0.2, 0.25) is 0 Å². The highest BCUT2D eigenvalue weighted by atomic mass is 16.3. The van der Waals surface area contributed by atoms with Crippen LogP contribution < -0.4 is 21.6 Å². The van der Waals surface area contributed by atoms with Gasteiger partial charge in [0.25, 0.3) is 5.91 Å². The average Bonchev–Trinajstić information content (AvgIpc) is 3.10. The zero-order chi connectivity index (χ0) is 33.5. The van der Waals surface area contributed by atoms with Gasteiger partial charge in [0, 0.05) is 39.3 Å². The quantitative estimate of drug-likeness (QED) is 0.0747. The van der Waals surface area contributed by atoms with E-state index in [4.69, 9.17) is 10.5 Å². The van der Waals surface area contributed by atoms with Gasteiger partial charge in [-0.05, 0) is 93.5 Å². The second kappa shape index (κ2) is 14.6. The van der Waals surface area contributed by atoms with Gasteiger partial charge in [-0.25, -0.2) is 0 Å². The summed E-state index contributed by atoms with van der Waals surface area (Å²) in [6.07, 6.45) is 5.11. The summed E-state index contributed by atoms with van der Waals surface area (Å²) in [4.78, 5) is 21.4. The van der Waals surface area contributed by atoms with Gasteiger partial charge in [-0.2, -0.15) is 0 Å². The van der Waals surface area contributed by atoms with E-state index in [9.17, 15) is 15.0 Å². The van der Waals surface area contributed by atoms with Crippen molar-refractivity contribution < 1.29 is 19.8 Å². The number of anilines is 3. The Hall–Kier alpha value is -5.76. The van der Waals surface area contributed by atoms with Gasteiger partial charge < -0.3 is 31.4 Å². The molecule has 0 aromatic heterocycles. The molecular formula is C40H37N3O4. The van der Waals surface area contributed by atoms with Gasteiger partial charge in [0.05, 0.1) is 12.7 Å². The van der Waals surface area contributed by atoms with Crippen LogP contribution in [0.4, 0.5) is 17.1 Å². The Morgan fingerprint density at radius 2 is 1.47 bits per heavy atom. The Labute approximate surface area is 273 Å². The van der Waals surface area contributed by atoms with E-state index < -0.39 is 6.10 Å². The first kappa shape index (κ1) is 32.6. The van der Waals surface area contributed by atoms with Crippen LogP contribution in [0, 0.1) is 0 Å². The third-order valence-electron chi connectivity index (χ3n) is 8.10. The van der Waals surface area contributed by atoms with Crippen LogP contribution in [-0.2, 0) is 11.4 Å². The molecule has 47 heavy (non-hydrogen) atoms. The minimum absolute atomic E-state index is 0.0852. The fourth-order valence-corrected chi connectivity index (χ4v) is 6.21. The van der Waals surface area contributed by atoms with Crippen molar-refractivity contribution >= 4 is 68.2 Å². The maximum Gasteiger partial charge on any atom is 0.256 e. The summed E-state index contributed by atoms with van der Waals surface area (Å²) in [5.74, 6) is -0.242. The molecule has 0 spiro atoms. The zero-order valence-corrected chi connectivity index (χ0v) is 26.2. The maximum absolute atomic E-state index is 13.4. The fraction of sp³-hybridized carbons (Fsp3) is 0.100. The van der Waals surface area contributed by atoms with Crippen molar-refractivity contribution in [1.29, 1.82) is 0 Å². The molecule has 0 saturated heterocycles. The second-order valence-electron chi connectivity index (χ2n) is 11.1. The van der Waals surface area contributed by atoms with Crippen LogP contribution in [0.3, 0.4) is 0 Å². The number of fused-ring (bicyclic) bond motifs is 2. The molecule has 0 aliphatic heterocycles. The molecule has 0 heterocycles.